The number of nitrogens with two attached hydrogens (primary N) is 1. The normalized spacial score (nSPS) is 14.6. The lowest BCUT2D eigenvalue weighted by Crippen LogP contribution is -2.61. The molecular weight excluding hydrogens is 382 g/mol. The van der Waals surface area contributed by atoms with Crippen molar-refractivity contribution in [2.24, 2.45) is 5.73 Å². The summed E-state index contributed by atoms with van der Waals surface area (Å²) in [5.41, 5.74) is 5.85. The Morgan fingerprint density at radius 3 is 1.52 bits per heavy atom. The van der Waals surface area contributed by atoms with Crippen LogP contribution in [0.4, 0.5) is 0 Å². The van der Waals surface area contributed by atoms with Crippen LogP contribution >= 0.6 is 0 Å². The van der Waals surface area contributed by atoms with Crippen molar-refractivity contribution in [2.45, 2.75) is 78.6 Å². The Morgan fingerprint density at radius 2 is 1.22 bits per heavy atom. The lowest BCUT2D eigenvalue weighted by Gasteiger charge is -2.47. The quantitative estimate of drug-likeness (QED) is 0.281. The summed E-state index contributed by atoms with van der Waals surface area (Å²) in [7, 11) is -5.22. The van der Waals surface area contributed by atoms with Crippen molar-refractivity contribution in [1.29, 1.82) is 0 Å². The van der Waals surface area contributed by atoms with E-state index < -0.39 is 23.1 Å². The van der Waals surface area contributed by atoms with Gasteiger partial charge in [-0.25, -0.2) is 0 Å². The SMILES string of the molecule is CCOC(OCC)(O[Si](OCC)(OCC)OCC)C(CCCN)[Si](C)(C)C. The van der Waals surface area contributed by atoms with Crippen LogP contribution in [0.15, 0.2) is 0 Å². The second kappa shape index (κ2) is 13.4. The summed E-state index contributed by atoms with van der Waals surface area (Å²) in [5.74, 6) is -1.27. The molecule has 9 heteroatoms. The minimum atomic E-state index is -3.45. The van der Waals surface area contributed by atoms with Crippen molar-refractivity contribution in [1.82, 2.24) is 0 Å². The first-order valence-electron chi connectivity index (χ1n) is 10.3. The van der Waals surface area contributed by atoms with Gasteiger partial charge in [0, 0.05) is 38.6 Å². The van der Waals surface area contributed by atoms with Gasteiger partial charge in [-0.05, 0) is 54.0 Å². The maximum Gasteiger partial charge on any atom is 0.683 e. The van der Waals surface area contributed by atoms with Gasteiger partial charge in [-0.15, -0.1) is 0 Å². The van der Waals surface area contributed by atoms with Gasteiger partial charge in [0.15, 0.2) is 0 Å². The zero-order valence-electron chi connectivity index (χ0n) is 18.8. The van der Waals surface area contributed by atoms with Gasteiger partial charge < -0.3 is 28.5 Å². The van der Waals surface area contributed by atoms with E-state index in [2.05, 4.69) is 19.6 Å². The van der Waals surface area contributed by atoms with E-state index in [1.54, 1.807) is 0 Å². The number of hydrogen-bond acceptors (Lipinski definition) is 7. The fraction of sp³-hybridized carbons (Fsp3) is 1.00. The molecule has 0 spiro atoms. The molecule has 1 atom stereocenters. The Bertz CT molecular complexity index is 358. The highest BCUT2D eigenvalue weighted by molar-refractivity contribution is 6.77. The third-order valence-electron chi connectivity index (χ3n) is 4.09. The average Bonchev–Trinajstić information content (AvgIpc) is 2.55. The molecule has 0 aromatic heterocycles. The molecule has 0 aliphatic heterocycles. The topological polar surface area (TPSA) is 81.4 Å². The molecule has 0 aliphatic rings. The second-order valence-electron chi connectivity index (χ2n) is 7.22. The third-order valence-corrected chi connectivity index (χ3v) is 9.28. The Labute approximate surface area is 168 Å². The third kappa shape index (κ3) is 8.59. The first-order chi connectivity index (χ1) is 12.7. The minimum absolute atomic E-state index is 0.0432. The fourth-order valence-corrected chi connectivity index (χ4v) is 7.73. The van der Waals surface area contributed by atoms with E-state index in [0.29, 0.717) is 39.6 Å². The van der Waals surface area contributed by atoms with Crippen molar-refractivity contribution < 1.29 is 27.2 Å². The van der Waals surface area contributed by atoms with Crippen LogP contribution in [-0.2, 0) is 27.2 Å². The molecule has 0 bridgehead atoms. The van der Waals surface area contributed by atoms with E-state index in [-0.39, 0.29) is 5.54 Å². The average molecular weight is 426 g/mol. The van der Waals surface area contributed by atoms with E-state index in [1.165, 1.54) is 0 Å². The van der Waals surface area contributed by atoms with Gasteiger partial charge in [0.25, 0.3) is 5.97 Å². The van der Waals surface area contributed by atoms with Crippen molar-refractivity contribution in [3.05, 3.63) is 0 Å². The number of ether oxygens (including phenoxy) is 2. The van der Waals surface area contributed by atoms with Crippen LogP contribution in [-0.4, -0.2) is 62.7 Å². The Hall–Kier alpha value is 0.154. The first kappa shape index (κ1) is 27.2. The summed E-state index contributed by atoms with van der Waals surface area (Å²) < 4.78 is 36.7. The van der Waals surface area contributed by atoms with Crippen LogP contribution in [0.2, 0.25) is 25.2 Å². The second-order valence-corrected chi connectivity index (χ2v) is 14.7. The lowest BCUT2D eigenvalue weighted by molar-refractivity contribution is -0.367. The first-order valence-corrected chi connectivity index (χ1v) is 15.5. The number of hydrogen-bond donors (Lipinski definition) is 1. The van der Waals surface area contributed by atoms with E-state index >= 15 is 0 Å². The molecule has 164 valence electrons. The predicted octanol–water partition coefficient (Wildman–Crippen LogP) is 3.72. The van der Waals surface area contributed by atoms with Crippen molar-refractivity contribution in [2.75, 3.05) is 39.6 Å². The highest BCUT2D eigenvalue weighted by Gasteiger charge is 2.58. The molecule has 0 saturated heterocycles. The van der Waals surface area contributed by atoms with Crippen LogP contribution in [0.5, 0.6) is 0 Å². The Kier molecular flexibility index (Phi) is 13.5. The zero-order chi connectivity index (χ0) is 21.0. The highest BCUT2D eigenvalue weighted by atomic mass is 28.4. The van der Waals surface area contributed by atoms with Gasteiger partial charge >= 0.3 is 9.05 Å². The summed E-state index contributed by atoms with van der Waals surface area (Å²) in [4.78, 5) is 0. The highest BCUT2D eigenvalue weighted by Crippen LogP contribution is 2.43. The molecule has 0 amide bonds. The molecule has 7 nitrogen and oxygen atoms in total. The molecule has 0 aromatic rings. The Balaban J connectivity index is 6.18. The van der Waals surface area contributed by atoms with Crippen molar-refractivity contribution >= 4 is 17.1 Å². The monoisotopic (exact) mass is 425 g/mol. The molecule has 0 rings (SSSR count). The van der Waals surface area contributed by atoms with Crippen LogP contribution in [0.1, 0.15) is 47.5 Å². The molecule has 0 radical (unpaired) electrons. The largest absolute Gasteiger partial charge is 0.683 e. The minimum Gasteiger partial charge on any atom is -0.351 e. The predicted molar refractivity (Wildman–Crippen MR) is 113 cm³/mol. The van der Waals surface area contributed by atoms with E-state index in [0.717, 1.165) is 12.8 Å². The van der Waals surface area contributed by atoms with Crippen LogP contribution in [0, 0.1) is 0 Å². The van der Waals surface area contributed by atoms with Crippen LogP contribution in [0.3, 0.4) is 0 Å². The molecular formula is C18H43NO6Si2. The summed E-state index contributed by atoms with van der Waals surface area (Å²) in [5, 5.41) is 0. The van der Waals surface area contributed by atoms with Gasteiger partial charge in [0.05, 0.1) is 8.07 Å². The summed E-state index contributed by atoms with van der Waals surface area (Å²) in [6.45, 7) is 19.2. The molecule has 0 heterocycles. The van der Waals surface area contributed by atoms with E-state index in [9.17, 15) is 0 Å². The maximum absolute atomic E-state index is 6.54. The summed E-state index contributed by atoms with van der Waals surface area (Å²) in [6.07, 6.45) is 1.72. The molecule has 0 aromatic carbocycles. The van der Waals surface area contributed by atoms with E-state index in [1.807, 2.05) is 34.6 Å². The smallest absolute Gasteiger partial charge is 0.351 e. The van der Waals surface area contributed by atoms with Gasteiger partial charge in [-0.3, -0.25) is 4.43 Å². The molecule has 1 unspecified atom stereocenters. The molecule has 0 aliphatic carbocycles. The fourth-order valence-electron chi connectivity index (χ4n) is 3.16. The molecule has 0 saturated carbocycles. The van der Waals surface area contributed by atoms with E-state index in [4.69, 9.17) is 32.9 Å². The Morgan fingerprint density at radius 1 is 0.778 bits per heavy atom. The van der Waals surface area contributed by atoms with Crippen LogP contribution < -0.4 is 5.73 Å². The molecule has 2 N–H and O–H groups in total. The van der Waals surface area contributed by atoms with Gasteiger partial charge in [-0.1, -0.05) is 19.6 Å². The summed E-state index contributed by atoms with van der Waals surface area (Å²) in [6, 6.07) is 0. The van der Waals surface area contributed by atoms with Crippen LogP contribution in [0.25, 0.3) is 0 Å². The lowest BCUT2D eigenvalue weighted by atomic mass is 10.2. The van der Waals surface area contributed by atoms with Crippen molar-refractivity contribution in [3.8, 4) is 0 Å². The van der Waals surface area contributed by atoms with Gasteiger partial charge in [-0.2, -0.15) is 0 Å². The maximum atomic E-state index is 6.54. The molecule has 0 fully saturated rings. The van der Waals surface area contributed by atoms with Gasteiger partial charge in [0.2, 0.25) is 0 Å². The summed E-state index contributed by atoms with van der Waals surface area (Å²) >= 11 is 0. The number of rotatable bonds is 17. The van der Waals surface area contributed by atoms with Gasteiger partial charge in [0.1, 0.15) is 0 Å². The van der Waals surface area contributed by atoms with Crippen molar-refractivity contribution in [3.63, 3.8) is 0 Å². The molecule has 27 heavy (non-hydrogen) atoms. The zero-order valence-corrected chi connectivity index (χ0v) is 20.8. The standard InChI is InChI=1S/C18H43NO6Si2/c1-9-20-18(21-10-2,17(15-14-16-19)26(6,7)8)25-27(22-11-3,23-12-4)24-13-5/h17H,9-16,19H2,1-8H3.